The van der Waals surface area contributed by atoms with E-state index in [1.165, 1.54) is 0 Å². The van der Waals surface area contributed by atoms with Crippen molar-refractivity contribution in [2.24, 2.45) is 5.92 Å². The summed E-state index contributed by atoms with van der Waals surface area (Å²) in [5, 5.41) is 11.6. The standard InChI is InChI=1S/C17H16N4O/c18-12-21-9-8-15(11-21)17(22)20-16-7-6-14(10-19-16)13-4-2-1-3-5-13/h1-7,10,15H,8-9,11H2,(H,19,20,22)/t15-/m1/s1. The third kappa shape index (κ3) is 3.07. The number of carbonyl (C=O) groups is 1. The lowest BCUT2D eigenvalue weighted by Gasteiger charge is -2.10. The molecule has 1 saturated heterocycles. The van der Waals surface area contributed by atoms with E-state index in [2.05, 4.69) is 16.5 Å². The highest BCUT2D eigenvalue weighted by atomic mass is 16.2. The smallest absolute Gasteiger partial charge is 0.230 e. The van der Waals surface area contributed by atoms with Crippen molar-refractivity contribution >= 4 is 11.7 Å². The van der Waals surface area contributed by atoms with Crippen LogP contribution in [0.4, 0.5) is 5.82 Å². The van der Waals surface area contributed by atoms with Crippen molar-refractivity contribution < 1.29 is 4.79 Å². The number of nitrogens with zero attached hydrogens (tertiary/aromatic N) is 3. The summed E-state index contributed by atoms with van der Waals surface area (Å²) in [5.41, 5.74) is 2.10. The van der Waals surface area contributed by atoms with Crippen molar-refractivity contribution in [1.82, 2.24) is 9.88 Å². The van der Waals surface area contributed by atoms with Crippen LogP contribution in [0.1, 0.15) is 6.42 Å². The zero-order valence-corrected chi connectivity index (χ0v) is 12.1. The molecular formula is C17H16N4O. The van der Waals surface area contributed by atoms with E-state index in [9.17, 15) is 4.79 Å². The third-order valence-corrected chi connectivity index (χ3v) is 3.82. The Labute approximate surface area is 129 Å². The molecule has 1 aliphatic rings. The topological polar surface area (TPSA) is 69.0 Å². The first-order valence-electron chi connectivity index (χ1n) is 7.23. The maximum atomic E-state index is 12.1. The number of aromatic nitrogens is 1. The number of carbonyl (C=O) groups excluding carboxylic acids is 1. The summed E-state index contributed by atoms with van der Waals surface area (Å²) in [5.74, 6) is 0.327. The molecule has 0 bridgehead atoms. The van der Waals surface area contributed by atoms with Gasteiger partial charge in [0.15, 0.2) is 6.19 Å². The first kappa shape index (κ1) is 14.1. The summed E-state index contributed by atoms with van der Waals surface area (Å²) < 4.78 is 0. The molecule has 1 N–H and O–H groups in total. The molecule has 2 aromatic rings. The van der Waals surface area contributed by atoms with Gasteiger partial charge in [0.2, 0.25) is 5.91 Å². The number of anilines is 1. The lowest BCUT2D eigenvalue weighted by atomic mass is 10.1. The minimum absolute atomic E-state index is 0.0716. The molecule has 0 aliphatic carbocycles. The summed E-state index contributed by atoms with van der Waals surface area (Å²) in [6.07, 6.45) is 4.54. The molecule has 2 heterocycles. The molecule has 1 aromatic carbocycles. The third-order valence-electron chi connectivity index (χ3n) is 3.82. The van der Waals surface area contributed by atoms with Crippen LogP contribution in [-0.4, -0.2) is 28.9 Å². The SMILES string of the molecule is N#CN1CC[C@@H](C(=O)Nc2ccc(-c3ccccc3)cn2)C1. The number of likely N-dealkylation sites (tertiary alicyclic amines) is 1. The molecule has 0 radical (unpaired) electrons. The largest absolute Gasteiger partial charge is 0.310 e. The van der Waals surface area contributed by atoms with Gasteiger partial charge in [-0.05, 0) is 24.1 Å². The summed E-state index contributed by atoms with van der Waals surface area (Å²) in [6, 6.07) is 13.7. The number of nitriles is 1. The maximum absolute atomic E-state index is 12.1. The first-order valence-corrected chi connectivity index (χ1v) is 7.23. The Kier molecular flexibility index (Phi) is 4.01. The predicted octanol–water partition coefficient (Wildman–Crippen LogP) is 2.49. The molecule has 110 valence electrons. The van der Waals surface area contributed by atoms with Gasteiger partial charge in [-0.3, -0.25) is 4.79 Å². The van der Waals surface area contributed by atoms with Gasteiger partial charge in [0.1, 0.15) is 5.82 Å². The number of rotatable bonds is 3. The average molecular weight is 292 g/mol. The van der Waals surface area contributed by atoms with Crippen molar-refractivity contribution in [3.8, 4) is 17.3 Å². The number of hydrogen-bond donors (Lipinski definition) is 1. The van der Waals surface area contributed by atoms with E-state index in [0.717, 1.165) is 11.1 Å². The van der Waals surface area contributed by atoms with Crippen LogP contribution >= 0.6 is 0 Å². The van der Waals surface area contributed by atoms with E-state index in [1.54, 1.807) is 17.2 Å². The summed E-state index contributed by atoms with van der Waals surface area (Å²) in [4.78, 5) is 18.0. The van der Waals surface area contributed by atoms with E-state index in [0.29, 0.717) is 25.3 Å². The minimum atomic E-state index is -0.143. The monoisotopic (exact) mass is 292 g/mol. The van der Waals surface area contributed by atoms with Crippen molar-refractivity contribution in [2.75, 3.05) is 18.4 Å². The normalized spacial score (nSPS) is 17.0. The van der Waals surface area contributed by atoms with Gasteiger partial charge in [-0.15, -0.1) is 0 Å². The van der Waals surface area contributed by atoms with Crippen LogP contribution in [0.5, 0.6) is 0 Å². The van der Waals surface area contributed by atoms with E-state index >= 15 is 0 Å². The van der Waals surface area contributed by atoms with E-state index < -0.39 is 0 Å². The molecule has 1 amide bonds. The summed E-state index contributed by atoms with van der Waals surface area (Å²) >= 11 is 0. The average Bonchev–Trinajstić information content (AvgIpc) is 3.06. The molecule has 5 nitrogen and oxygen atoms in total. The lowest BCUT2D eigenvalue weighted by molar-refractivity contribution is -0.119. The number of nitrogens with one attached hydrogen (secondary N) is 1. The molecule has 1 atom stereocenters. The quantitative estimate of drug-likeness (QED) is 0.882. The Morgan fingerprint density at radius 3 is 2.68 bits per heavy atom. The van der Waals surface area contributed by atoms with Gasteiger partial charge in [0.25, 0.3) is 0 Å². The van der Waals surface area contributed by atoms with Gasteiger partial charge in [-0.1, -0.05) is 30.3 Å². The van der Waals surface area contributed by atoms with Crippen LogP contribution in [0.3, 0.4) is 0 Å². The fraction of sp³-hybridized carbons (Fsp3) is 0.235. The van der Waals surface area contributed by atoms with Crippen LogP contribution in [0.25, 0.3) is 11.1 Å². The molecule has 5 heteroatoms. The maximum Gasteiger partial charge on any atom is 0.230 e. The number of pyridine rings is 1. The van der Waals surface area contributed by atoms with Crippen LogP contribution in [0.15, 0.2) is 48.7 Å². The Morgan fingerprint density at radius 1 is 1.23 bits per heavy atom. The van der Waals surface area contributed by atoms with E-state index in [-0.39, 0.29) is 11.8 Å². The number of amides is 1. The Morgan fingerprint density at radius 2 is 2.05 bits per heavy atom. The molecule has 0 spiro atoms. The van der Waals surface area contributed by atoms with Gasteiger partial charge in [0.05, 0.1) is 5.92 Å². The van der Waals surface area contributed by atoms with Crippen LogP contribution in [-0.2, 0) is 4.79 Å². The Bertz CT molecular complexity index is 691. The molecule has 3 rings (SSSR count). The molecular weight excluding hydrogens is 276 g/mol. The van der Waals surface area contributed by atoms with Gasteiger partial charge in [0, 0.05) is 24.8 Å². The second-order valence-electron chi connectivity index (χ2n) is 5.32. The highest BCUT2D eigenvalue weighted by Crippen LogP contribution is 2.20. The summed E-state index contributed by atoms with van der Waals surface area (Å²) in [7, 11) is 0. The van der Waals surface area contributed by atoms with Gasteiger partial charge >= 0.3 is 0 Å². The van der Waals surface area contributed by atoms with E-state index in [4.69, 9.17) is 5.26 Å². The fourth-order valence-corrected chi connectivity index (χ4v) is 2.56. The van der Waals surface area contributed by atoms with Crippen molar-refractivity contribution in [3.63, 3.8) is 0 Å². The number of hydrogen-bond acceptors (Lipinski definition) is 4. The molecule has 22 heavy (non-hydrogen) atoms. The molecule has 1 aliphatic heterocycles. The van der Waals surface area contributed by atoms with Crippen molar-refractivity contribution in [1.29, 1.82) is 5.26 Å². The first-order chi connectivity index (χ1) is 10.8. The van der Waals surface area contributed by atoms with Gasteiger partial charge < -0.3 is 10.2 Å². The highest BCUT2D eigenvalue weighted by molar-refractivity contribution is 5.92. The van der Waals surface area contributed by atoms with Crippen LogP contribution < -0.4 is 5.32 Å². The van der Waals surface area contributed by atoms with Gasteiger partial charge in [-0.2, -0.15) is 5.26 Å². The zero-order chi connectivity index (χ0) is 15.4. The second-order valence-corrected chi connectivity index (χ2v) is 5.32. The lowest BCUT2D eigenvalue weighted by Crippen LogP contribution is -2.25. The minimum Gasteiger partial charge on any atom is -0.310 e. The highest BCUT2D eigenvalue weighted by Gasteiger charge is 2.27. The number of benzene rings is 1. The fourth-order valence-electron chi connectivity index (χ4n) is 2.56. The van der Waals surface area contributed by atoms with Crippen molar-refractivity contribution in [2.45, 2.75) is 6.42 Å². The molecule has 0 saturated carbocycles. The molecule has 1 aromatic heterocycles. The van der Waals surface area contributed by atoms with Gasteiger partial charge in [-0.25, -0.2) is 4.98 Å². The van der Waals surface area contributed by atoms with E-state index in [1.807, 2.05) is 36.4 Å². The Hall–Kier alpha value is -2.87. The second kappa shape index (κ2) is 6.27. The zero-order valence-electron chi connectivity index (χ0n) is 12.1. The van der Waals surface area contributed by atoms with Crippen molar-refractivity contribution in [3.05, 3.63) is 48.7 Å². The summed E-state index contributed by atoms with van der Waals surface area (Å²) in [6.45, 7) is 1.14. The predicted molar refractivity (Wildman–Crippen MR) is 83.6 cm³/mol. The Balaban J connectivity index is 1.64. The van der Waals surface area contributed by atoms with Crippen LogP contribution in [0.2, 0.25) is 0 Å². The molecule has 1 fully saturated rings. The molecule has 0 unspecified atom stereocenters. The van der Waals surface area contributed by atoms with Crippen LogP contribution in [0, 0.1) is 17.4 Å².